The number of halogens is 1. The topological polar surface area (TPSA) is 59.3 Å². The van der Waals surface area contributed by atoms with Crippen molar-refractivity contribution in [3.63, 3.8) is 0 Å². The molecule has 0 aromatic carbocycles. The second kappa shape index (κ2) is 7.23. The van der Waals surface area contributed by atoms with E-state index >= 15 is 0 Å². The van der Waals surface area contributed by atoms with Gasteiger partial charge in [-0.3, -0.25) is 4.68 Å². The maximum absolute atomic E-state index is 10.6. The second-order valence-electron chi connectivity index (χ2n) is 4.43. The largest absolute Gasteiger partial charge is 0.384 e. The molecule has 0 aliphatic rings. The Labute approximate surface area is 117 Å². The quantitative estimate of drug-likeness (QED) is 0.713. The average molecular weight is 320 g/mol. The lowest BCUT2D eigenvalue weighted by molar-refractivity contribution is 0.0364. The summed E-state index contributed by atoms with van der Waals surface area (Å²) >= 11 is 3.45. The van der Waals surface area contributed by atoms with Gasteiger partial charge in [0.25, 0.3) is 0 Å². The number of hydrogen-bond acceptors (Lipinski definition) is 4. The smallest absolute Gasteiger partial charge is 0.106 e. The molecule has 1 atom stereocenters. The molecule has 0 saturated heterocycles. The van der Waals surface area contributed by atoms with E-state index in [1.54, 1.807) is 18.0 Å². The van der Waals surface area contributed by atoms with E-state index in [4.69, 9.17) is 4.74 Å². The summed E-state index contributed by atoms with van der Waals surface area (Å²) in [6.07, 6.45) is 2.35. The zero-order valence-corrected chi connectivity index (χ0v) is 12.8. The number of nitrogens with zero attached hydrogens (tertiary/aromatic N) is 2. The number of methoxy groups -OCH3 is 1. The van der Waals surface area contributed by atoms with Gasteiger partial charge in [0.15, 0.2) is 0 Å². The van der Waals surface area contributed by atoms with E-state index in [0.717, 1.165) is 23.3 Å². The predicted molar refractivity (Wildman–Crippen MR) is 74.5 cm³/mol. The Morgan fingerprint density at radius 2 is 2.33 bits per heavy atom. The van der Waals surface area contributed by atoms with Crippen LogP contribution in [-0.4, -0.2) is 41.7 Å². The minimum Gasteiger partial charge on any atom is -0.384 e. The Morgan fingerprint density at radius 3 is 2.94 bits per heavy atom. The summed E-state index contributed by atoms with van der Waals surface area (Å²) in [5.74, 6) is 0. The van der Waals surface area contributed by atoms with Gasteiger partial charge in [-0.15, -0.1) is 0 Å². The van der Waals surface area contributed by atoms with E-state index in [1.165, 1.54) is 0 Å². The van der Waals surface area contributed by atoms with Gasteiger partial charge in [-0.1, -0.05) is 6.92 Å². The van der Waals surface area contributed by atoms with E-state index in [0.29, 0.717) is 19.6 Å². The number of aliphatic hydroxyl groups is 1. The van der Waals surface area contributed by atoms with Crippen molar-refractivity contribution < 1.29 is 9.84 Å². The van der Waals surface area contributed by atoms with Crippen molar-refractivity contribution in [1.29, 1.82) is 0 Å². The molecule has 2 N–H and O–H groups in total. The predicted octanol–water partition coefficient (Wildman–Crippen LogP) is 1.50. The van der Waals surface area contributed by atoms with E-state index in [-0.39, 0.29) is 0 Å². The lowest BCUT2D eigenvalue weighted by Crippen LogP contribution is -2.31. The Hall–Kier alpha value is -0.430. The Morgan fingerprint density at radius 1 is 1.61 bits per heavy atom. The van der Waals surface area contributed by atoms with Crippen LogP contribution in [0, 0.1) is 0 Å². The first kappa shape index (κ1) is 15.6. The maximum atomic E-state index is 10.6. The summed E-state index contributed by atoms with van der Waals surface area (Å²) < 4.78 is 7.68. The van der Waals surface area contributed by atoms with Gasteiger partial charge in [-0.2, -0.15) is 5.10 Å². The van der Waals surface area contributed by atoms with Crippen LogP contribution >= 0.6 is 15.9 Å². The number of ether oxygens (including phenoxy) is 1. The van der Waals surface area contributed by atoms with Crippen LogP contribution < -0.4 is 5.32 Å². The summed E-state index contributed by atoms with van der Waals surface area (Å²) in [5.41, 5.74) is -0.108. The molecule has 0 spiro atoms. The first-order valence-electron chi connectivity index (χ1n) is 6.16. The van der Waals surface area contributed by atoms with Crippen LogP contribution in [0.5, 0.6) is 0 Å². The van der Waals surface area contributed by atoms with Gasteiger partial charge in [0.1, 0.15) is 5.60 Å². The second-order valence-corrected chi connectivity index (χ2v) is 5.29. The van der Waals surface area contributed by atoms with Gasteiger partial charge < -0.3 is 15.2 Å². The number of rotatable bonds is 8. The molecular formula is C12H22BrN3O2. The van der Waals surface area contributed by atoms with Crippen molar-refractivity contribution in [2.45, 2.75) is 32.4 Å². The van der Waals surface area contributed by atoms with Crippen LogP contribution in [0.2, 0.25) is 0 Å². The van der Waals surface area contributed by atoms with Crippen molar-refractivity contribution in [2.24, 2.45) is 0 Å². The molecule has 0 radical (unpaired) electrons. The Balaban J connectivity index is 2.81. The molecule has 6 heteroatoms. The number of nitrogens with one attached hydrogen (secondary N) is 1. The highest BCUT2D eigenvalue weighted by molar-refractivity contribution is 9.10. The SMILES string of the molecule is CCNCCC(C)(O)c1c(Br)cnn1CCOC. The van der Waals surface area contributed by atoms with Crippen LogP contribution in [0.3, 0.4) is 0 Å². The monoisotopic (exact) mass is 319 g/mol. The molecule has 0 aliphatic heterocycles. The van der Waals surface area contributed by atoms with Crippen molar-refractivity contribution in [3.05, 3.63) is 16.4 Å². The fraction of sp³-hybridized carbons (Fsp3) is 0.750. The zero-order valence-electron chi connectivity index (χ0n) is 11.2. The van der Waals surface area contributed by atoms with Crippen molar-refractivity contribution in [3.8, 4) is 0 Å². The first-order chi connectivity index (χ1) is 8.53. The average Bonchev–Trinajstić information content (AvgIpc) is 2.68. The minimum atomic E-state index is -0.911. The van der Waals surface area contributed by atoms with Gasteiger partial charge in [0.05, 0.1) is 29.5 Å². The van der Waals surface area contributed by atoms with Gasteiger partial charge in [-0.05, 0) is 42.4 Å². The molecule has 5 nitrogen and oxygen atoms in total. The number of aromatic nitrogens is 2. The van der Waals surface area contributed by atoms with Gasteiger partial charge in [-0.25, -0.2) is 0 Å². The van der Waals surface area contributed by atoms with E-state index in [9.17, 15) is 5.11 Å². The molecule has 0 aliphatic carbocycles. The number of hydrogen-bond donors (Lipinski definition) is 2. The molecule has 0 saturated carbocycles. The van der Waals surface area contributed by atoms with Crippen LogP contribution in [0.1, 0.15) is 26.0 Å². The molecule has 1 unspecified atom stereocenters. The van der Waals surface area contributed by atoms with Crippen molar-refractivity contribution in [1.82, 2.24) is 15.1 Å². The summed E-state index contributed by atoms with van der Waals surface area (Å²) in [7, 11) is 1.65. The lowest BCUT2D eigenvalue weighted by atomic mass is 9.98. The zero-order chi connectivity index (χ0) is 13.6. The summed E-state index contributed by atoms with van der Waals surface area (Å²) in [6.45, 7) is 6.74. The van der Waals surface area contributed by atoms with Gasteiger partial charge in [0, 0.05) is 7.11 Å². The third kappa shape index (κ3) is 4.05. The summed E-state index contributed by atoms with van der Waals surface area (Å²) in [5, 5.41) is 18.1. The third-order valence-corrected chi connectivity index (χ3v) is 3.43. The molecule has 1 aromatic rings. The highest BCUT2D eigenvalue weighted by Crippen LogP contribution is 2.30. The minimum absolute atomic E-state index is 0.574. The van der Waals surface area contributed by atoms with Crippen LogP contribution in [0.15, 0.2) is 10.7 Å². The fourth-order valence-corrected chi connectivity index (χ4v) is 2.60. The molecule has 1 rings (SSSR count). The normalized spacial score (nSPS) is 14.7. The summed E-state index contributed by atoms with van der Waals surface area (Å²) in [6, 6.07) is 0. The standard InChI is InChI=1S/C12H22BrN3O2/c1-4-14-6-5-12(2,17)11-10(13)9-15-16(11)7-8-18-3/h9,14,17H,4-8H2,1-3H3. The molecule has 0 bridgehead atoms. The van der Waals surface area contributed by atoms with Crippen LogP contribution in [-0.2, 0) is 16.9 Å². The molecule has 18 heavy (non-hydrogen) atoms. The third-order valence-electron chi connectivity index (χ3n) is 2.85. The maximum Gasteiger partial charge on any atom is 0.106 e. The lowest BCUT2D eigenvalue weighted by Gasteiger charge is -2.25. The summed E-state index contributed by atoms with van der Waals surface area (Å²) in [4.78, 5) is 0. The van der Waals surface area contributed by atoms with E-state index in [1.807, 2.05) is 13.8 Å². The molecule has 0 fully saturated rings. The van der Waals surface area contributed by atoms with E-state index < -0.39 is 5.60 Å². The van der Waals surface area contributed by atoms with Crippen LogP contribution in [0.4, 0.5) is 0 Å². The molecule has 0 amide bonds. The highest BCUT2D eigenvalue weighted by Gasteiger charge is 2.29. The van der Waals surface area contributed by atoms with E-state index in [2.05, 4.69) is 26.3 Å². The van der Waals surface area contributed by atoms with Crippen molar-refractivity contribution in [2.75, 3.05) is 26.8 Å². The Kier molecular flexibility index (Phi) is 6.28. The Bertz CT molecular complexity index is 366. The first-order valence-corrected chi connectivity index (χ1v) is 6.96. The fourth-order valence-electron chi connectivity index (χ4n) is 1.87. The molecular weight excluding hydrogens is 298 g/mol. The molecule has 1 aromatic heterocycles. The molecule has 104 valence electrons. The van der Waals surface area contributed by atoms with Crippen LogP contribution in [0.25, 0.3) is 0 Å². The highest BCUT2D eigenvalue weighted by atomic mass is 79.9. The van der Waals surface area contributed by atoms with Crippen molar-refractivity contribution >= 4 is 15.9 Å². The van der Waals surface area contributed by atoms with Gasteiger partial charge in [0.2, 0.25) is 0 Å². The molecule has 1 heterocycles. The van der Waals surface area contributed by atoms with Gasteiger partial charge >= 0.3 is 0 Å².